The number of thiophene rings is 1. The van der Waals surface area contributed by atoms with Crippen LogP contribution < -0.4 is 0 Å². The molecule has 3 heterocycles. The Morgan fingerprint density at radius 1 is 0.339 bits per heavy atom. The summed E-state index contributed by atoms with van der Waals surface area (Å²) in [4.78, 5) is 15.2. The van der Waals surface area contributed by atoms with Crippen LogP contribution in [-0.4, -0.2) is 15.0 Å². The molecule has 5 heteroatoms. The molecule has 0 radical (unpaired) electrons. The van der Waals surface area contributed by atoms with E-state index in [0.717, 1.165) is 60.9 Å². The Balaban J connectivity index is 1.10. The predicted molar refractivity (Wildman–Crippen MR) is 233 cm³/mol. The Bertz CT molecular complexity index is 3230. The number of fused-ring (bicyclic) bond motifs is 6. The van der Waals surface area contributed by atoms with Crippen LogP contribution in [0.2, 0.25) is 0 Å². The first kappa shape index (κ1) is 32.2. The quantitative estimate of drug-likeness (QED) is 0.171. The van der Waals surface area contributed by atoms with Crippen LogP contribution in [0.5, 0.6) is 0 Å². The molecule has 0 N–H and O–H groups in total. The van der Waals surface area contributed by atoms with Crippen LogP contribution in [0.3, 0.4) is 0 Å². The highest BCUT2D eigenvalue weighted by molar-refractivity contribution is 7.26. The van der Waals surface area contributed by atoms with Crippen molar-refractivity contribution >= 4 is 53.4 Å². The van der Waals surface area contributed by atoms with E-state index in [0.29, 0.717) is 17.5 Å². The van der Waals surface area contributed by atoms with Crippen LogP contribution >= 0.6 is 11.3 Å². The maximum absolute atomic E-state index is 6.81. The van der Waals surface area contributed by atoms with Gasteiger partial charge in [0.1, 0.15) is 11.2 Å². The van der Waals surface area contributed by atoms with Crippen molar-refractivity contribution in [3.05, 3.63) is 188 Å². The molecule has 8 aromatic carbocycles. The minimum absolute atomic E-state index is 0.560. The Hall–Kier alpha value is -7.21. The number of para-hydroxylation sites is 1. The Labute approximate surface area is 327 Å². The fourth-order valence-electron chi connectivity index (χ4n) is 7.90. The zero-order valence-electron chi connectivity index (χ0n) is 30.1. The number of benzene rings is 8. The summed E-state index contributed by atoms with van der Waals surface area (Å²) in [6.45, 7) is 0. The van der Waals surface area contributed by atoms with Gasteiger partial charge in [0.2, 0.25) is 0 Å². The van der Waals surface area contributed by atoms with Gasteiger partial charge in [-0.05, 0) is 63.7 Å². The first-order chi connectivity index (χ1) is 27.7. The standard InChI is InChI=1S/C51H31N3OS/c1-4-14-32(15-5-1)33-26-28-36(29-27-33)50-52-49(35-18-8-3-9-19-35)53-51(54-50)41-23-12-22-40-46-38(21-13-24-43(46)55-48(40)41)37-30-42(34-16-6-2-7-17-34)47-39-20-10-11-25-44(39)56-45(47)31-37/h1-31H. The topological polar surface area (TPSA) is 51.8 Å². The third-order valence-electron chi connectivity index (χ3n) is 10.6. The van der Waals surface area contributed by atoms with Crippen LogP contribution in [-0.2, 0) is 0 Å². The van der Waals surface area contributed by atoms with E-state index in [2.05, 4.69) is 146 Å². The average Bonchev–Trinajstić information content (AvgIpc) is 3.86. The van der Waals surface area contributed by atoms with Crippen LogP contribution in [0, 0.1) is 0 Å². The summed E-state index contributed by atoms with van der Waals surface area (Å²) in [6, 6.07) is 65.6. The third-order valence-corrected chi connectivity index (χ3v) is 11.7. The monoisotopic (exact) mass is 733 g/mol. The number of aromatic nitrogens is 3. The molecule has 56 heavy (non-hydrogen) atoms. The minimum Gasteiger partial charge on any atom is -0.455 e. The molecule has 0 fully saturated rings. The number of hydrogen-bond donors (Lipinski definition) is 0. The molecule has 0 saturated carbocycles. The van der Waals surface area contributed by atoms with E-state index in [1.807, 2.05) is 53.8 Å². The Kier molecular flexibility index (Phi) is 7.64. The molecule has 0 aliphatic heterocycles. The van der Waals surface area contributed by atoms with Gasteiger partial charge in [0.25, 0.3) is 0 Å². The molecule has 262 valence electrons. The van der Waals surface area contributed by atoms with Gasteiger partial charge in [-0.15, -0.1) is 11.3 Å². The van der Waals surface area contributed by atoms with Crippen molar-refractivity contribution < 1.29 is 4.42 Å². The number of rotatable bonds is 6. The predicted octanol–water partition coefficient (Wildman–Crippen LogP) is 14.1. The van der Waals surface area contributed by atoms with E-state index in [1.165, 1.54) is 31.3 Å². The van der Waals surface area contributed by atoms with E-state index in [1.54, 1.807) is 0 Å². The largest absolute Gasteiger partial charge is 0.455 e. The molecule has 4 nitrogen and oxygen atoms in total. The summed E-state index contributed by atoms with van der Waals surface area (Å²) in [7, 11) is 0. The third kappa shape index (κ3) is 5.48. The summed E-state index contributed by atoms with van der Waals surface area (Å²) in [5.74, 6) is 1.77. The van der Waals surface area contributed by atoms with Gasteiger partial charge in [-0.3, -0.25) is 0 Å². The van der Waals surface area contributed by atoms with E-state index in [-0.39, 0.29) is 0 Å². The van der Waals surface area contributed by atoms with Gasteiger partial charge in [0.15, 0.2) is 17.5 Å². The van der Waals surface area contributed by atoms with Crippen molar-refractivity contribution in [2.75, 3.05) is 0 Å². The van der Waals surface area contributed by atoms with Crippen LogP contribution in [0.1, 0.15) is 0 Å². The Morgan fingerprint density at radius 2 is 0.893 bits per heavy atom. The van der Waals surface area contributed by atoms with Gasteiger partial charge >= 0.3 is 0 Å². The molecular formula is C51H31N3OS. The highest BCUT2D eigenvalue weighted by Crippen LogP contribution is 2.46. The van der Waals surface area contributed by atoms with Crippen molar-refractivity contribution in [3.8, 4) is 67.5 Å². The van der Waals surface area contributed by atoms with Gasteiger partial charge < -0.3 is 4.42 Å². The van der Waals surface area contributed by atoms with Crippen molar-refractivity contribution in [2.45, 2.75) is 0 Å². The highest BCUT2D eigenvalue weighted by Gasteiger charge is 2.21. The van der Waals surface area contributed by atoms with Crippen LogP contribution in [0.4, 0.5) is 0 Å². The molecule has 0 aliphatic carbocycles. The maximum atomic E-state index is 6.81. The van der Waals surface area contributed by atoms with Gasteiger partial charge in [-0.2, -0.15) is 0 Å². The second kappa shape index (κ2) is 13.3. The summed E-state index contributed by atoms with van der Waals surface area (Å²) in [5.41, 5.74) is 11.2. The molecule has 0 bridgehead atoms. The van der Waals surface area contributed by atoms with Crippen molar-refractivity contribution in [1.29, 1.82) is 0 Å². The second-order valence-electron chi connectivity index (χ2n) is 13.9. The summed E-state index contributed by atoms with van der Waals surface area (Å²) >= 11 is 1.84. The highest BCUT2D eigenvalue weighted by atomic mass is 32.1. The molecule has 0 unspecified atom stereocenters. The fourth-order valence-corrected chi connectivity index (χ4v) is 9.08. The molecular weight excluding hydrogens is 703 g/mol. The summed E-state index contributed by atoms with van der Waals surface area (Å²) < 4.78 is 9.35. The molecule has 11 rings (SSSR count). The zero-order valence-corrected chi connectivity index (χ0v) is 30.9. The lowest BCUT2D eigenvalue weighted by Gasteiger charge is -2.11. The lowest BCUT2D eigenvalue weighted by atomic mass is 9.92. The van der Waals surface area contributed by atoms with Crippen molar-refractivity contribution in [1.82, 2.24) is 15.0 Å². The van der Waals surface area contributed by atoms with Gasteiger partial charge in [0, 0.05) is 42.1 Å². The van der Waals surface area contributed by atoms with Gasteiger partial charge in [-0.25, -0.2) is 15.0 Å². The minimum atomic E-state index is 0.560. The van der Waals surface area contributed by atoms with Crippen molar-refractivity contribution in [3.63, 3.8) is 0 Å². The first-order valence-electron chi connectivity index (χ1n) is 18.7. The lowest BCUT2D eigenvalue weighted by Crippen LogP contribution is -2.00. The van der Waals surface area contributed by atoms with E-state index < -0.39 is 0 Å². The molecule has 11 aromatic rings. The fraction of sp³-hybridized carbons (Fsp3) is 0. The van der Waals surface area contributed by atoms with Gasteiger partial charge in [-0.1, -0.05) is 158 Å². The lowest BCUT2D eigenvalue weighted by molar-refractivity contribution is 0.669. The SMILES string of the molecule is c1ccc(-c2ccc(-c3nc(-c4ccccc4)nc(-c4cccc5c4oc4cccc(-c6cc(-c7ccccc7)c7c(c6)sc6ccccc67)c45)n3)cc2)cc1. The molecule has 0 atom stereocenters. The summed E-state index contributed by atoms with van der Waals surface area (Å²) in [6.07, 6.45) is 0. The molecule has 0 amide bonds. The van der Waals surface area contributed by atoms with E-state index >= 15 is 0 Å². The van der Waals surface area contributed by atoms with Crippen LogP contribution in [0.25, 0.3) is 110 Å². The molecule has 0 spiro atoms. The van der Waals surface area contributed by atoms with Crippen LogP contribution in [0.15, 0.2) is 192 Å². The molecule has 3 aromatic heterocycles. The Morgan fingerprint density at radius 3 is 1.64 bits per heavy atom. The number of hydrogen-bond acceptors (Lipinski definition) is 5. The smallest absolute Gasteiger partial charge is 0.167 e. The second-order valence-corrected chi connectivity index (χ2v) is 15.0. The van der Waals surface area contributed by atoms with E-state index in [9.17, 15) is 0 Å². The van der Waals surface area contributed by atoms with Gasteiger partial charge in [0.05, 0.1) is 5.56 Å². The normalized spacial score (nSPS) is 11.6. The van der Waals surface area contributed by atoms with E-state index in [4.69, 9.17) is 19.4 Å². The van der Waals surface area contributed by atoms with Crippen molar-refractivity contribution in [2.24, 2.45) is 0 Å². The summed E-state index contributed by atoms with van der Waals surface area (Å²) in [5, 5.41) is 4.66. The average molecular weight is 734 g/mol. The number of nitrogens with zero attached hydrogens (tertiary/aromatic N) is 3. The maximum Gasteiger partial charge on any atom is 0.167 e. The first-order valence-corrected chi connectivity index (χ1v) is 19.5. The molecule has 0 saturated heterocycles. The zero-order chi connectivity index (χ0) is 37.0. The molecule has 0 aliphatic rings. The number of furan rings is 1.